The molecule has 0 radical (unpaired) electrons. The van der Waals surface area contributed by atoms with E-state index in [1.807, 2.05) is 0 Å². The fraction of sp³-hybridized carbons (Fsp3) is 0.870. The molecule has 0 amide bonds. The van der Waals surface area contributed by atoms with Gasteiger partial charge in [-0.05, 0) is 13.3 Å². The van der Waals surface area contributed by atoms with Gasteiger partial charge in [-0.25, -0.2) is 4.79 Å². The van der Waals surface area contributed by atoms with Crippen LogP contribution >= 0.6 is 0 Å². The van der Waals surface area contributed by atoms with Gasteiger partial charge in [0.15, 0.2) is 5.60 Å². The van der Waals surface area contributed by atoms with Crippen LogP contribution in [0.5, 0.6) is 0 Å². The van der Waals surface area contributed by atoms with E-state index in [1.54, 1.807) is 0 Å². The predicted octanol–water partition coefficient (Wildman–Crippen LogP) is 4.32. The van der Waals surface area contributed by atoms with E-state index >= 15 is 0 Å². The Labute approximate surface area is 186 Å². The Balaban J connectivity index is 0.00000199. The van der Waals surface area contributed by atoms with Gasteiger partial charge in [-0.1, -0.05) is 77.6 Å². The molecule has 8 nitrogen and oxygen atoms in total. The average molecular weight is 447 g/mol. The van der Waals surface area contributed by atoms with Crippen LogP contribution in [0.1, 0.15) is 104 Å². The highest BCUT2D eigenvalue weighted by atomic mass is 16.6. The Morgan fingerprint density at radius 3 is 1.65 bits per heavy atom. The second-order valence-corrected chi connectivity index (χ2v) is 8.34. The van der Waals surface area contributed by atoms with Crippen LogP contribution in [0.25, 0.3) is 0 Å². The van der Waals surface area contributed by atoms with Crippen molar-refractivity contribution < 1.29 is 39.2 Å². The number of carboxylic acids is 2. The third kappa shape index (κ3) is 18.8. The predicted molar refractivity (Wildman–Crippen MR) is 117 cm³/mol. The second-order valence-electron chi connectivity index (χ2n) is 8.34. The van der Waals surface area contributed by atoms with E-state index < -0.39 is 36.4 Å². The van der Waals surface area contributed by atoms with Crippen LogP contribution < -0.4 is 0 Å². The SMILES string of the molecule is CC1CO1.CCCCCCCCCCCCCCOC(=O)CC(O)(CC(=O)O)C(=O)O. The van der Waals surface area contributed by atoms with Crippen molar-refractivity contribution in [2.45, 2.75) is 115 Å². The summed E-state index contributed by atoms with van der Waals surface area (Å²) in [5.74, 6) is -4.13. The zero-order chi connectivity index (χ0) is 23.5. The van der Waals surface area contributed by atoms with E-state index in [0.29, 0.717) is 12.5 Å². The quantitative estimate of drug-likeness (QED) is 0.161. The van der Waals surface area contributed by atoms with Gasteiger partial charge in [0.25, 0.3) is 0 Å². The summed E-state index contributed by atoms with van der Waals surface area (Å²) in [4.78, 5) is 33.2. The van der Waals surface area contributed by atoms with Gasteiger partial charge in [-0.3, -0.25) is 9.59 Å². The van der Waals surface area contributed by atoms with E-state index in [-0.39, 0.29) is 6.61 Å². The molecule has 8 heteroatoms. The summed E-state index contributed by atoms with van der Waals surface area (Å²) in [6.45, 7) is 5.41. The topological polar surface area (TPSA) is 134 Å². The van der Waals surface area contributed by atoms with E-state index in [4.69, 9.17) is 19.7 Å². The number of carboxylic acid groups (broad SMARTS) is 2. The highest BCUT2D eigenvalue weighted by Gasteiger charge is 2.41. The number of ether oxygens (including phenoxy) is 2. The normalized spacial score (nSPS) is 16.5. The third-order valence-corrected chi connectivity index (χ3v) is 5.04. The largest absolute Gasteiger partial charge is 0.481 e. The summed E-state index contributed by atoms with van der Waals surface area (Å²) in [7, 11) is 0. The molecule has 1 aliphatic rings. The molecule has 0 aliphatic carbocycles. The zero-order valence-corrected chi connectivity index (χ0v) is 19.3. The summed E-state index contributed by atoms with van der Waals surface area (Å²) in [6, 6.07) is 0. The molecular formula is C23H42O8. The Morgan fingerprint density at radius 2 is 1.29 bits per heavy atom. The lowest BCUT2D eigenvalue weighted by Gasteiger charge is -2.20. The molecule has 0 spiro atoms. The lowest BCUT2D eigenvalue weighted by molar-refractivity contribution is -0.172. The number of unbranched alkanes of at least 4 members (excludes halogenated alkanes) is 11. The summed E-state index contributed by atoms with van der Waals surface area (Å²) < 4.78 is 9.61. The van der Waals surface area contributed by atoms with Gasteiger partial charge in [0.05, 0.1) is 32.2 Å². The molecule has 0 aromatic rings. The van der Waals surface area contributed by atoms with Gasteiger partial charge in [-0.2, -0.15) is 0 Å². The van der Waals surface area contributed by atoms with Crippen LogP contribution in [-0.4, -0.2) is 58.1 Å². The molecule has 2 unspecified atom stereocenters. The highest BCUT2D eigenvalue weighted by molar-refractivity contribution is 5.88. The number of aliphatic hydroxyl groups is 1. The minimum atomic E-state index is -2.63. The van der Waals surface area contributed by atoms with Crippen molar-refractivity contribution in [2.24, 2.45) is 0 Å². The molecule has 1 saturated heterocycles. The van der Waals surface area contributed by atoms with Crippen molar-refractivity contribution in [3.63, 3.8) is 0 Å². The van der Waals surface area contributed by atoms with Crippen molar-refractivity contribution in [3.05, 3.63) is 0 Å². The third-order valence-electron chi connectivity index (χ3n) is 5.04. The van der Waals surface area contributed by atoms with Crippen molar-refractivity contribution in [2.75, 3.05) is 13.2 Å². The summed E-state index contributed by atoms with van der Waals surface area (Å²) in [5, 5.41) is 27.3. The number of aliphatic carboxylic acids is 2. The molecule has 1 fully saturated rings. The van der Waals surface area contributed by atoms with Gasteiger partial charge in [0.1, 0.15) is 0 Å². The molecular weight excluding hydrogens is 404 g/mol. The van der Waals surface area contributed by atoms with E-state index in [1.165, 1.54) is 51.4 Å². The molecule has 182 valence electrons. The Morgan fingerprint density at radius 1 is 0.871 bits per heavy atom. The molecule has 0 bridgehead atoms. The highest BCUT2D eigenvalue weighted by Crippen LogP contribution is 2.17. The molecule has 3 N–H and O–H groups in total. The van der Waals surface area contributed by atoms with Gasteiger partial charge in [0, 0.05) is 0 Å². The smallest absolute Gasteiger partial charge is 0.336 e. The van der Waals surface area contributed by atoms with E-state index in [0.717, 1.165) is 25.9 Å². The first kappa shape index (κ1) is 29.3. The van der Waals surface area contributed by atoms with Crippen molar-refractivity contribution >= 4 is 17.9 Å². The molecule has 2 atom stereocenters. The van der Waals surface area contributed by atoms with Crippen molar-refractivity contribution in [1.82, 2.24) is 0 Å². The maximum absolute atomic E-state index is 11.6. The zero-order valence-electron chi connectivity index (χ0n) is 19.3. The van der Waals surface area contributed by atoms with E-state index in [2.05, 4.69) is 13.8 Å². The number of esters is 1. The molecule has 0 aromatic carbocycles. The van der Waals surface area contributed by atoms with E-state index in [9.17, 15) is 19.5 Å². The molecule has 1 heterocycles. The number of epoxide rings is 1. The molecule has 0 saturated carbocycles. The lowest BCUT2D eigenvalue weighted by Crippen LogP contribution is -2.43. The second kappa shape index (κ2) is 18.0. The molecule has 1 aliphatic heterocycles. The number of hydrogen-bond donors (Lipinski definition) is 3. The first-order chi connectivity index (χ1) is 14.7. The molecule has 1 rings (SSSR count). The fourth-order valence-electron chi connectivity index (χ4n) is 2.98. The van der Waals surface area contributed by atoms with Crippen molar-refractivity contribution in [3.8, 4) is 0 Å². The molecule has 31 heavy (non-hydrogen) atoms. The van der Waals surface area contributed by atoms with Crippen LogP contribution in [0.15, 0.2) is 0 Å². The minimum absolute atomic E-state index is 0.152. The summed E-state index contributed by atoms with van der Waals surface area (Å²) in [5.41, 5.74) is -2.63. The Bertz CT molecular complexity index is 504. The van der Waals surface area contributed by atoms with Gasteiger partial charge >= 0.3 is 17.9 Å². The van der Waals surface area contributed by atoms with Crippen molar-refractivity contribution in [1.29, 1.82) is 0 Å². The maximum atomic E-state index is 11.6. The summed E-state index contributed by atoms with van der Waals surface area (Å²) in [6.07, 6.45) is 12.9. The monoisotopic (exact) mass is 446 g/mol. The standard InChI is InChI=1S/C20H36O7.C3H6O/c1-2-3-4-5-6-7-8-9-10-11-12-13-14-27-18(23)16-20(26,19(24)25)15-17(21)22;1-3-2-4-3/h26H,2-16H2,1H3,(H,21,22)(H,24,25);3H,2H2,1H3. The fourth-order valence-corrected chi connectivity index (χ4v) is 2.98. The van der Waals surface area contributed by atoms with Gasteiger partial charge in [0.2, 0.25) is 0 Å². The minimum Gasteiger partial charge on any atom is -0.481 e. The van der Waals surface area contributed by atoms with Crippen LogP contribution in [0.4, 0.5) is 0 Å². The lowest BCUT2D eigenvalue weighted by atomic mass is 9.96. The van der Waals surface area contributed by atoms with Crippen LogP contribution in [-0.2, 0) is 23.9 Å². The number of hydrogen-bond acceptors (Lipinski definition) is 6. The Hall–Kier alpha value is -1.67. The number of carbonyl (C=O) groups excluding carboxylic acids is 1. The van der Waals surface area contributed by atoms with Gasteiger partial charge in [-0.15, -0.1) is 0 Å². The van der Waals surface area contributed by atoms with Gasteiger partial charge < -0.3 is 24.8 Å². The van der Waals surface area contributed by atoms with Crippen LogP contribution in [0.3, 0.4) is 0 Å². The van der Waals surface area contributed by atoms with Crippen LogP contribution in [0.2, 0.25) is 0 Å². The Kier molecular flexibility index (Phi) is 17.0. The molecule has 0 aromatic heterocycles. The first-order valence-corrected chi connectivity index (χ1v) is 11.7. The maximum Gasteiger partial charge on any atom is 0.336 e. The number of rotatable bonds is 18. The summed E-state index contributed by atoms with van der Waals surface area (Å²) >= 11 is 0. The van der Waals surface area contributed by atoms with Crippen LogP contribution in [0, 0.1) is 0 Å². The first-order valence-electron chi connectivity index (χ1n) is 11.7. The number of carbonyl (C=O) groups is 3. The average Bonchev–Trinajstić information content (AvgIpc) is 3.47.